The molecule has 1 amide bonds. The summed E-state index contributed by atoms with van der Waals surface area (Å²) in [7, 11) is 0. The van der Waals surface area contributed by atoms with Crippen molar-refractivity contribution in [2.24, 2.45) is 11.3 Å². The Balaban J connectivity index is 1.55. The van der Waals surface area contributed by atoms with Gasteiger partial charge in [-0.15, -0.1) is 0 Å². The van der Waals surface area contributed by atoms with Crippen molar-refractivity contribution in [1.29, 1.82) is 0 Å². The molecular formula is C21H24N2O4. The number of aliphatic carboxylic acids is 1. The van der Waals surface area contributed by atoms with E-state index in [1.807, 2.05) is 37.3 Å². The fourth-order valence-corrected chi connectivity index (χ4v) is 3.97. The van der Waals surface area contributed by atoms with Gasteiger partial charge in [0.2, 0.25) is 5.91 Å². The van der Waals surface area contributed by atoms with Crippen molar-refractivity contribution >= 4 is 11.9 Å². The summed E-state index contributed by atoms with van der Waals surface area (Å²) in [5.74, 6) is -0.106. The Kier molecular flexibility index (Phi) is 4.50. The predicted molar refractivity (Wildman–Crippen MR) is 99.0 cm³/mol. The molecule has 1 aliphatic heterocycles. The topological polar surface area (TPSA) is 83.6 Å². The number of hydrogen-bond acceptors (Lipinski definition) is 4. The fraction of sp³-hybridized carbons (Fsp3) is 0.476. The van der Waals surface area contributed by atoms with Crippen LogP contribution in [0.5, 0.6) is 0 Å². The Hall–Kier alpha value is -2.63. The van der Waals surface area contributed by atoms with Crippen LogP contribution in [0.2, 0.25) is 0 Å². The number of hydrogen-bond donors (Lipinski definition) is 1. The van der Waals surface area contributed by atoms with Gasteiger partial charge in [0.25, 0.3) is 0 Å². The van der Waals surface area contributed by atoms with Crippen LogP contribution in [0, 0.1) is 18.3 Å². The van der Waals surface area contributed by atoms with Gasteiger partial charge in [0.1, 0.15) is 11.5 Å². The van der Waals surface area contributed by atoms with E-state index in [2.05, 4.69) is 5.16 Å². The van der Waals surface area contributed by atoms with E-state index in [4.69, 9.17) is 4.52 Å². The molecule has 0 bridgehead atoms. The van der Waals surface area contributed by atoms with Crippen LogP contribution in [0.4, 0.5) is 0 Å². The van der Waals surface area contributed by atoms with Crippen LogP contribution < -0.4 is 0 Å². The van der Waals surface area contributed by atoms with E-state index in [1.165, 1.54) is 0 Å². The zero-order valence-electron chi connectivity index (χ0n) is 15.5. The third kappa shape index (κ3) is 3.61. The molecular weight excluding hydrogens is 344 g/mol. The van der Waals surface area contributed by atoms with Crippen molar-refractivity contribution in [2.45, 2.75) is 39.0 Å². The van der Waals surface area contributed by atoms with Crippen molar-refractivity contribution < 1.29 is 19.2 Å². The summed E-state index contributed by atoms with van der Waals surface area (Å²) in [5.41, 5.74) is 1.77. The van der Waals surface area contributed by atoms with E-state index in [-0.39, 0.29) is 24.8 Å². The summed E-state index contributed by atoms with van der Waals surface area (Å²) >= 11 is 0. The van der Waals surface area contributed by atoms with Gasteiger partial charge in [0.05, 0.1) is 5.41 Å². The van der Waals surface area contributed by atoms with E-state index in [1.54, 1.807) is 4.90 Å². The number of aryl methyl sites for hydroxylation is 1. The first-order chi connectivity index (χ1) is 13.0. The number of aromatic nitrogens is 1. The molecule has 1 unspecified atom stereocenters. The van der Waals surface area contributed by atoms with Crippen LogP contribution in [0.15, 0.2) is 34.9 Å². The minimum atomic E-state index is -1.01. The van der Waals surface area contributed by atoms with Gasteiger partial charge in [0, 0.05) is 37.1 Å². The number of amides is 1. The number of carbonyl (C=O) groups is 2. The number of piperidine rings is 1. The minimum absolute atomic E-state index is 0.104. The maximum atomic E-state index is 12.4. The minimum Gasteiger partial charge on any atom is -0.481 e. The summed E-state index contributed by atoms with van der Waals surface area (Å²) in [6.07, 6.45) is 3.34. The van der Waals surface area contributed by atoms with Gasteiger partial charge in [-0.1, -0.05) is 28.9 Å². The van der Waals surface area contributed by atoms with Crippen molar-refractivity contribution in [2.75, 3.05) is 13.1 Å². The van der Waals surface area contributed by atoms with Gasteiger partial charge >= 0.3 is 5.97 Å². The monoisotopic (exact) mass is 368 g/mol. The SMILES string of the molecule is Cc1cccc(-c2cc(CC3(C(=O)O)CCCN(C(=O)C4CC4)C3)on2)c1. The van der Waals surface area contributed by atoms with Crippen LogP contribution in [0.25, 0.3) is 11.3 Å². The molecule has 142 valence electrons. The summed E-state index contributed by atoms with van der Waals surface area (Å²) < 4.78 is 5.48. The molecule has 1 saturated heterocycles. The predicted octanol–water partition coefficient (Wildman–Crippen LogP) is 3.30. The molecule has 0 radical (unpaired) electrons. The number of carbonyl (C=O) groups excluding carboxylic acids is 1. The molecule has 2 aromatic rings. The first-order valence-electron chi connectivity index (χ1n) is 9.52. The molecule has 2 fully saturated rings. The highest BCUT2D eigenvalue weighted by molar-refractivity contribution is 5.83. The van der Waals surface area contributed by atoms with Crippen LogP contribution >= 0.6 is 0 Å². The maximum absolute atomic E-state index is 12.4. The smallest absolute Gasteiger partial charge is 0.311 e. The number of rotatable bonds is 5. The Labute approximate surface area is 158 Å². The molecule has 6 heteroatoms. The van der Waals surface area contributed by atoms with Crippen LogP contribution in [0.3, 0.4) is 0 Å². The highest BCUT2D eigenvalue weighted by Gasteiger charge is 2.46. The van der Waals surface area contributed by atoms with Gasteiger partial charge in [-0.25, -0.2) is 0 Å². The normalized spacial score (nSPS) is 22.6. The Morgan fingerprint density at radius 2 is 2.15 bits per heavy atom. The standard InChI is InChI=1S/C21H24N2O4/c1-14-4-2-5-16(10-14)18-11-17(27-22-18)12-21(20(25)26)8-3-9-23(13-21)19(24)15-6-7-15/h2,4-5,10-11,15H,3,6-9,12-13H2,1H3,(H,25,26). The van der Waals surface area contributed by atoms with Gasteiger partial charge in [-0.3, -0.25) is 9.59 Å². The molecule has 4 rings (SSSR count). The fourth-order valence-electron chi connectivity index (χ4n) is 3.97. The molecule has 1 aliphatic carbocycles. The van der Waals surface area contributed by atoms with E-state index >= 15 is 0 Å². The first-order valence-corrected chi connectivity index (χ1v) is 9.52. The number of nitrogens with zero attached hydrogens (tertiary/aromatic N) is 2. The summed E-state index contributed by atoms with van der Waals surface area (Å²) in [4.78, 5) is 26.3. The number of benzene rings is 1. The average Bonchev–Trinajstić information content (AvgIpc) is 3.40. The molecule has 1 N–H and O–H groups in total. The Morgan fingerprint density at radius 1 is 1.33 bits per heavy atom. The van der Waals surface area contributed by atoms with Gasteiger partial charge in [-0.05, 0) is 38.7 Å². The molecule has 1 aromatic carbocycles. The van der Waals surface area contributed by atoms with Gasteiger partial charge in [0.15, 0.2) is 0 Å². The van der Waals surface area contributed by atoms with Crippen molar-refractivity contribution in [3.63, 3.8) is 0 Å². The van der Waals surface area contributed by atoms with Crippen molar-refractivity contribution in [3.05, 3.63) is 41.7 Å². The molecule has 27 heavy (non-hydrogen) atoms. The lowest BCUT2D eigenvalue weighted by molar-refractivity contribution is -0.155. The van der Waals surface area contributed by atoms with Crippen LogP contribution in [0.1, 0.15) is 37.0 Å². The maximum Gasteiger partial charge on any atom is 0.311 e. The number of likely N-dealkylation sites (tertiary alicyclic amines) is 1. The first kappa shape index (κ1) is 17.8. The Bertz CT molecular complexity index is 871. The van der Waals surface area contributed by atoms with Crippen LogP contribution in [-0.4, -0.2) is 40.1 Å². The van der Waals surface area contributed by atoms with Gasteiger partial charge < -0.3 is 14.5 Å². The summed E-state index contributed by atoms with van der Waals surface area (Å²) in [6.45, 7) is 2.91. The molecule has 6 nitrogen and oxygen atoms in total. The van der Waals surface area contributed by atoms with E-state index in [0.717, 1.165) is 24.0 Å². The lowest BCUT2D eigenvalue weighted by Crippen LogP contribution is -2.51. The molecule has 2 heterocycles. The second kappa shape index (κ2) is 6.83. The van der Waals surface area contributed by atoms with Crippen molar-refractivity contribution in [3.8, 4) is 11.3 Å². The zero-order chi connectivity index (χ0) is 19.0. The van der Waals surface area contributed by atoms with Gasteiger partial charge in [-0.2, -0.15) is 0 Å². The van der Waals surface area contributed by atoms with Crippen LogP contribution in [-0.2, 0) is 16.0 Å². The second-order valence-corrected chi connectivity index (χ2v) is 7.95. The molecule has 1 saturated carbocycles. The summed E-state index contributed by atoms with van der Waals surface area (Å²) in [5, 5.41) is 14.1. The molecule has 2 aliphatic rings. The molecule has 0 spiro atoms. The Morgan fingerprint density at radius 3 is 2.85 bits per heavy atom. The highest BCUT2D eigenvalue weighted by atomic mass is 16.5. The summed E-state index contributed by atoms with van der Waals surface area (Å²) in [6, 6.07) is 9.77. The van der Waals surface area contributed by atoms with E-state index in [9.17, 15) is 14.7 Å². The number of carboxylic acid groups (broad SMARTS) is 1. The highest BCUT2D eigenvalue weighted by Crippen LogP contribution is 2.38. The van der Waals surface area contributed by atoms with Crippen molar-refractivity contribution in [1.82, 2.24) is 10.1 Å². The lowest BCUT2D eigenvalue weighted by atomic mass is 9.76. The van der Waals surface area contributed by atoms with E-state index < -0.39 is 11.4 Å². The zero-order valence-corrected chi connectivity index (χ0v) is 15.5. The second-order valence-electron chi connectivity index (χ2n) is 7.95. The largest absolute Gasteiger partial charge is 0.481 e. The quantitative estimate of drug-likeness (QED) is 0.875. The third-order valence-electron chi connectivity index (χ3n) is 5.65. The lowest BCUT2D eigenvalue weighted by Gasteiger charge is -2.39. The average molecular weight is 368 g/mol. The molecule has 1 atom stereocenters. The number of carboxylic acids is 1. The van der Waals surface area contributed by atoms with E-state index in [0.29, 0.717) is 30.8 Å². The molecule has 1 aromatic heterocycles. The third-order valence-corrected chi connectivity index (χ3v) is 5.65.